The van der Waals surface area contributed by atoms with Gasteiger partial charge in [0.1, 0.15) is 0 Å². The van der Waals surface area contributed by atoms with Crippen LogP contribution in [0.5, 0.6) is 0 Å². The lowest BCUT2D eigenvalue weighted by atomic mass is 10.1. The van der Waals surface area contributed by atoms with Gasteiger partial charge in [0, 0.05) is 19.2 Å². The predicted octanol–water partition coefficient (Wildman–Crippen LogP) is 2.36. The van der Waals surface area contributed by atoms with E-state index in [0.717, 1.165) is 11.3 Å². The summed E-state index contributed by atoms with van der Waals surface area (Å²) in [5.41, 5.74) is 6.70. The van der Waals surface area contributed by atoms with E-state index < -0.39 is 12.2 Å². The van der Waals surface area contributed by atoms with E-state index >= 15 is 0 Å². The smallest absolute Gasteiger partial charge is 0.405 e. The zero-order valence-corrected chi connectivity index (χ0v) is 12.3. The van der Waals surface area contributed by atoms with E-state index in [4.69, 9.17) is 10.5 Å². The van der Waals surface area contributed by atoms with E-state index in [1.54, 1.807) is 7.05 Å². The van der Waals surface area contributed by atoms with E-state index in [-0.39, 0.29) is 12.3 Å². The van der Waals surface area contributed by atoms with Crippen LogP contribution in [0.25, 0.3) is 0 Å². The Kier molecular flexibility index (Phi) is 5.14. The van der Waals surface area contributed by atoms with Gasteiger partial charge in [0.25, 0.3) is 5.91 Å². The average Bonchev–Trinajstić information content (AvgIpc) is 2.54. The number of rotatable bonds is 5. The summed E-state index contributed by atoms with van der Waals surface area (Å²) in [4.78, 5) is 25.1. The van der Waals surface area contributed by atoms with Crippen molar-refractivity contribution in [2.75, 3.05) is 11.9 Å². The Labute approximate surface area is 129 Å². The third-order valence-electron chi connectivity index (χ3n) is 3.27. The third kappa shape index (κ3) is 4.09. The van der Waals surface area contributed by atoms with Crippen LogP contribution < -0.4 is 10.6 Å². The van der Waals surface area contributed by atoms with Crippen molar-refractivity contribution in [3.8, 4) is 0 Å². The molecule has 0 aliphatic heterocycles. The SMILES string of the molecule is CN(C(=O)C(Cc1ccccc1)OC(N)=O)c1ccccc1. The van der Waals surface area contributed by atoms with Crippen LogP contribution >= 0.6 is 0 Å². The van der Waals surface area contributed by atoms with Crippen molar-refractivity contribution >= 4 is 17.7 Å². The highest BCUT2D eigenvalue weighted by Gasteiger charge is 2.26. The summed E-state index contributed by atoms with van der Waals surface area (Å²) < 4.78 is 5.01. The van der Waals surface area contributed by atoms with Crippen LogP contribution in [0.15, 0.2) is 60.7 Å². The first kappa shape index (κ1) is 15.6. The van der Waals surface area contributed by atoms with Crippen molar-refractivity contribution < 1.29 is 14.3 Å². The van der Waals surface area contributed by atoms with Gasteiger partial charge in [0.15, 0.2) is 6.10 Å². The second-order valence-corrected chi connectivity index (χ2v) is 4.85. The van der Waals surface area contributed by atoms with Gasteiger partial charge in [-0.1, -0.05) is 48.5 Å². The van der Waals surface area contributed by atoms with Crippen LogP contribution in [0.2, 0.25) is 0 Å². The Morgan fingerprint density at radius 1 is 1.05 bits per heavy atom. The zero-order chi connectivity index (χ0) is 15.9. The van der Waals surface area contributed by atoms with Gasteiger partial charge in [0.2, 0.25) is 0 Å². The van der Waals surface area contributed by atoms with E-state index in [1.807, 2.05) is 60.7 Å². The summed E-state index contributed by atoms with van der Waals surface area (Å²) in [6.45, 7) is 0. The number of para-hydroxylation sites is 1. The van der Waals surface area contributed by atoms with Gasteiger partial charge in [-0.15, -0.1) is 0 Å². The molecule has 0 heterocycles. The standard InChI is InChI=1S/C17H18N2O3/c1-19(14-10-6-3-7-11-14)16(20)15(22-17(18)21)12-13-8-4-2-5-9-13/h2-11,15H,12H2,1H3,(H2,18,21). The Bertz CT molecular complexity index is 629. The fourth-order valence-corrected chi connectivity index (χ4v) is 2.14. The van der Waals surface area contributed by atoms with Crippen LogP contribution in [0.3, 0.4) is 0 Å². The molecule has 1 atom stereocenters. The number of anilines is 1. The minimum absolute atomic E-state index is 0.278. The number of ether oxygens (including phenoxy) is 1. The number of likely N-dealkylation sites (N-methyl/N-ethyl adjacent to an activating group) is 1. The lowest BCUT2D eigenvalue weighted by molar-refractivity contribution is -0.126. The van der Waals surface area contributed by atoms with Gasteiger partial charge >= 0.3 is 6.09 Å². The third-order valence-corrected chi connectivity index (χ3v) is 3.27. The van der Waals surface area contributed by atoms with Crippen molar-refractivity contribution in [3.63, 3.8) is 0 Å². The number of amides is 2. The first-order chi connectivity index (χ1) is 10.6. The molecule has 0 bridgehead atoms. The molecule has 5 heteroatoms. The molecule has 0 radical (unpaired) electrons. The minimum atomic E-state index is -0.962. The molecule has 2 aromatic carbocycles. The second kappa shape index (κ2) is 7.26. The normalized spacial score (nSPS) is 11.5. The molecule has 22 heavy (non-hydrogen) atoms. The number of hydrogen-bond acceptors (Lipinski definition) is 3. The fourth-order valence-electron chi connectivity index (χ4n) is 2.14. The van der Waals surface area contributed by atoms with E-state index in [1.165, 1.54) is 4.90 Å². The number of carbonyl (C=O) groups excluding carboxylic acids is 2. The summed E-state index contributed by atoms with van der Waals surface area (Å²) >= 11 is 0. The highest BCUT2D eigenvalue weighted by atomic mass is 16.6. The number of benzene rings is 2. The highest BCUT2D eigenvalue weighted by Crippen LogP contribution is 2.15. The van der Waals surface area contributed by atoms with Crippen LogP contribution in [0, 0.1) is 0 Å². The Hall–Kier alpha value is -2.82. The molecule has 114 valence electrons. The molecule has 0 fully saturated rings. The van der Waals surface area contributed by atoms with Crippen LogP contribution in [0.4, 0.5) is 10.5 Å². The van der Waals surface area contributed by atoms with Gasteiger partial charge in [-0.05, 0) is 17.7 Å². The minimum Gasteiger partial charge on any atom is -0.436 e. The summed E-state index contributed by atoms with van der Waals surface area (Å²) in [6, 6.07) is 18.5. The molecule has 5 nitrogen and oxygen atoms in total. The number of carbonyl (C=O) groups is 2. The fraction of sp³-hybridized carbons (Fsp3) is 0.176. The van der Waals surface area contributed by atoms with Gasteiger partial charge < -0.3 is 15.4 Å². The number of primary amides is 1. The molecule has 2 amide bonds. The number of nitrogens with zero attached hydrogens (tertiary/aromatic N) is 1. The molecule has 0 saturated heterocycles. The summed E-state index contributed by atoms with van der Waals surface area (Å²) in [6.07, 6.45) is -1.64. The molecule has 2 rings (SSSR count). The van der Waals surface area contributed by atoms with Gasteiger partial charge in [0.05, 0.1) is 0 Å². The molecule has 2 N–H and O–H groups in total. The molecular formula is C17H18N2O3. The molecule has 0 aliphatic rings. The summed E-state index contributed by atoms with van der Waals surface area (Å²) in [7, 11) is 1.64. The molecule has 2 aromatic rings. The zero-order valence-electron chi connectivity index (χ0n) is 12.3. The first-order valence-corrected chi connectivity index (χ1v) is 6.90. The topological polar surface area (TPSA) is 72.6 Å². The molecule has 0 aliphatic carbocycles. The summed E-state index contributed by atoms with van der Waals surface area (Å²) in [5, 5.41) is 0. The molecule has 0 aromatic heterocycles. The van der Waals surface area contributed by atoms with Gasteiger partial charge in [-0.2, -0.15) is 0 Å². The maximum atomic E-state index is 12.6. The van der Waals surface area contributed by atoms with Crippen molar-refractivity contribution in [2.24, 2.45) is 5.73 Å². The monoisotopic (exact) mass is 298 g/mol. The number of nitrogens with two attached hydrogens (primary N) is 1. The average molecular weight is 298 g/mol. The van der Waals surface area contributed by atoms with Crippen LogP contribution in [0.1, 0.15) is 5.56 Å². The lowest BCUT2D eigenvalue weighted by Crippen LogP contribution is -2.41. The van der Waals surface area contributed by atoms with Crippen LogP contribution in [-0.2, 0) is 16.0 Å². The largest absolute Gasteiger partial charge is 0.436 e. The quantitative estimate of drug-likeness (QED) is 0.921. The maximum Gasteiger partial charge on any atom is 0.405 e. The first-order valence-electron chi connectivity index (χ1n) is 6.90. The van der Waals surface area contributed by atoms with Crippen molar-refractivity contribution in [2.45, 2.75) is 12.5 Å². The Morgan fingerprint density at radius 2 is 1.59 bits per heavy atom. The molecule has 1 unspecified atom stereocenters. The molecular weight excluding hydrogens is 280 g/mol. The van der Waals surface area contributed by atoms with E-state index in [0.29, 0.717) is 0 Å². The van der Waals surface area contributed by atoms with Gasteiger partial charge in [-0.3, -0.25) is 4.79 Å². The highest BCUT2D eigenvalue weighted by molar-refractivity contribution is 5.97. The van der Waals surface area contributed by atoms with Crippen molar-refractivity contribution in [3.05, 3.63) is 66.2 Å². The van der Waals surface area contributed by atoms with Gasteiger partial charge in [-0.25, -0.2) is 4.79 Å². The van der Waals surface area contributed by atoms with Crippen LogP contribution in [-0.4, -0.2) is 25.2 Å². The van der Waals surface area contributed by atoms with E-state index in [9.17, 15) is 9.59 Å². The van der Waals surface area contributed by atoms with E-state index in [2.05, 4.69) is 0 Å². The predicted molar refractivity (Wildman–Crippen MR) is 84.5 cm³/mol. The van der Waals surface area contributed by atoms with Crippen molar-refractivity contribution in [1.82, 2.24) is 0 Å². The molecule has 0 saturated carbocycles. The number of hydrogen-bond donors (Lipinski definition) is 1. The molecule has 0 spiro atoms. The Balaban J connectivity index is 2.17. The maximum absolute atomic E-state index is 12.6. The summed E-state index contributed by atoms with van der Waals surface area (Å²) in [5.74, 6) is -0.325. The Morgan fingerprint density at radius 3 is 2.14 bits per heavy atom. The second-order valence-electron chi connectivity index (χ2n) is 4.85. The van der Waals surface area contributed by atoms with Crippen molar-refractivity contribution in [1.29, 1.82) is 0 Å². The lowest BCUT2D eigenvalue weighted by Gasteiger charge is -2.23.